The highest BCUT2D eigenvalue weighted by Gasteiger charge is 2.10. The van der Waals surface area contributed by atoms with Crippen LogP contribution in [0.5, 0.6) is 5.75 Å². The molecule has 0 spiro atoms. The fourth-order valence-electron chi connectivity index (χ4n) is 3.64. The number of H-pyrrole nitrogens is 1. The maximum Gasteiger partial charge on any atom is 0.141 e. The second-order valence-corrected chi connectivity index (χ2v) is 8.13. The Morgan fingerprint density at radius 1 is 1.00 bits per heavy atom. The standard InChI is InChI=1S/C26H20ClFN4O2/c27-22-11-20(5-7-25(22)34-14-16-2-1-3-19(28)8-16)32-26-21-10-18(4-6-23(21)30-15-31-26)24-9-17(13-33)12-29-24/h1-12,15,29,33H,13-14H2,(H,30,31,32). The molecule has 0 aliphatic rings. The number of aromatic nitrogens is 3. The Balaban J connectivity index is 1.38. The predicted molar refractivity (Wildman–Crippen MR) is 131 cm³/mol. The molecule has 8 heteroatoms. The van der Waals surface area contributed by atoms with Gasteiger partial charge in [-0.05, 0) is 65.2 Å². The van der Waals surface area contributed by atoms with Gasteiger partial charge in [0.15, 0.2) is 0 Å². The zero-order valence-electron chi connectivity index (χ0n) is 17.9. The van der Waals surface area contributed by atoms with Gasteiger partial charge in [-0.3, -0.25) is 0 Å². The first-order chi connectivity index (χ1) is 16.6. The van der Waals surface area contributed by atoms with Crippen molar-refractivity contribution in [2.24, 2.45) is 0 Å². The van der Waals surface area contributed by atoms with Crippen LogP contribution in [-0.4, -0.2) is 20.1 Å². The van der Waals surface area contributed by atoms with E-state index in [-0.39, 0.29) is 19.0 Å². The average Bonchev–Trinajstić information content (AvgIpc) is 3.33. The van der Waals surface area contributed by atoms with Crippen molar-refractivity contribution in [3.8, 4) is 17.0 Å². The van der Waals surface area contributed by atoms with Crippen LogP contribution in [-0.2, 0) is 13.2 Å². The van der Waals surface area contributed by atoms with Crippen molar-refractivity contribution in [3.63, 3.8) is 0 Å². The van der Waals surface area contributed by atoms with Crippen molar-refractivity contribution in [2.75, 3.05) is 5.32 Å². The average molecular weight is 475 g/mol. The first-order valence-corrected chi connectivity index (χ1v) is 10.9. The molecule has 6 nitrogen and oxygen atoms in total. The van der Waals surface area contributed by atoms with E-state index in [4.69, 9.17) is 16.3 Å². The molecule has 0 bridgehead atoms. The van der Waals surface area contributed by atoms with Gasteiger partial charge in [0.05, 0.1) is 17.1 Å². The van der Waals surface area contributed by atoms with E-state index < -0.39 is 0 Å². The summed E-state index contributed by atoms with van der Waals surface area (Å²) in [5.41, 5.74) is 4.89. The number of hydrogen-bond acceptors (Lipinski definition) is 5. The van der Waals surface area contributed by atoms with Crippen LogP contribution in [0.2, 0.25) is 5.02 Å². The van der Waals surface area contributed by atoms with Gasteiger partial charge in [-0.25, -0.2) is 14.4 Å². The van der Waals surface area contributed by atoms with E-state index in [0.717, 1.165) is 39.0 Å². The molecule has 2 aromatic heterocycles. The second kappa shape index (κ2) is 9.51. The largest absolute Gasteiger partial charge is 0.487 e. The normalized spacial score (nSPS) is 11.0. The molecule has 3 aromatic carbocycles. The Morgan fingerprint density at radius 3 is 2.71 bits per heavy atom. The molecule has 0 saturated carbocycles. The third-order valence-electron chi connectivity index (χ3n) is 5.35. The van der Waals surface area contributed by atoms with Crippen LogP contribution in [0.25, 0.3) is 22.2 Å². The Hall–Kier alpha value is -3.94. The maximum absolute atomic E-state index is 13.4. The van der Waals surface area contributed by atoms with Crippen LogP contribution in [0.15, 0.2) is 79.3 Å². The molecule has 0 saturated heterocycles. The van der Waals surface area contributed by atoms with E-state index in [1.807, 2.05) is 30.3 Å². The van der Waals surface area contributed by atoms with Crippen LogP contribution in [0.1, 0.15) is 11.1 Å². The molecule has 0 atom stereocenters. The van der Waals surface area contributed by atoms with Crippen LogP contribution >= 0.6 is 11.6 Å². The molecule has 5 aromatic rings. The number of rotatable bonds is 7. The summed E-state index contributed by atoms with van der Waals surface area (Å²) in [5.74, 6) is 0.820. The molecule has 3 N–H and O–H groups in total. The molecule has 0 aliphatic heterocycles. The first kappa shape index (κ1) is 21.9. The van der Waals surface area contributed by atoms with Gasteiger partial charge < -0.3 is 20.1 Å². The Morgan fingerprint density at radius 2 is 1.91 bits per heavy atom. The Labute approximate surface area is 200 Å². The zero-order valence-corrected chi connectivity index (χ0v) is 18.7. The summed E-state index contributed by atoms with van der Waals surface area (Å²) in [6.07, 6.45) is 3.28. The number of benzene rings is 3. The monoisotopic (exact) mass is 474 g/mol. The van der Waals surface area contributed by atoms with Gasteiger partial charge in [0, 0.05) is 23.0 Å². The van der Waals surface area contributed by atoms with Crippen molar-refractivity contribution >= 4 is 34.0 Å². The molecule has 0 fully saturated rings. The molecular formula is C26H20ClFN4O2. The van der Waals surface area contributed by atoms with Crippen molar-refractivity contribution in [1.29, 1.82) is 0 Å². The molecule has 2 heterocycles. The number of nitrogens with one attached hydrogen (secondary N) is 2. The number of aromatic amines is 1. The minimum absolute atomic E-state index is 0.0251. The lowest BCUT2D eigenvalue weighted by Gasteiger charge is -2.12. The van der Waals surface area contributed by atoms with E-state index in [0.29, 0.717) is 16.6 Å². The van der Waals surface area contributed by atoms with Crippen molar-refractivity contribution in [2.45, 2.75) is 13.2 Å². The SMILES string of the molecule is OCc1c[nH]c(-c2ccc3ncnc(Nc4ccc(OCc5cccc(F)c5)c(Cl)c4)c3c2)c1. The lowest BCUT2D eigenvalue weighted by Crippen LogP contribution is -1.99. The van der Waals surface area contributed by atoms with E-state index in [2.05, 4.69) is 20.3 Å². The topological polar surface area (TPSA) is 83.1 Å². The van der Waals surface area contributed by atoms with Gasteiger partial charge in [0.2, 0.25) is 0 Å². The lowest BCUT2D eigenvalue weighted by atomic mass is 10.1. The molecule has 5 rings (SSSR count). The number of aliphatic hydroxyl groups excluding tert-OH is 1. The summed E-state index contributed by atoms with van der Waals surface area (Å²) >= 11 is 6.44. The lowest BCUT2D eigenvalue weighted by molar-refractivity contribution is 0.282. The van der Waals surface area contributed by atoms with Crippen molar-refractivity contribution in [3.05, 3.63) is 101 Å². The molecule has 0 unspecified atom stereocenters. The van der Waals surface area contributed by atoms with E-state index in [9.17, 15) is 9.50 Å². The molecule has 34 heavy (non-hydrogen) atoms. The van der Waals surface area contributed by atoms with Gasteiger partial charge in [-0.2, -0.15) is 0 Å². The number of aliphatic hydroxyl groups is 1. The predicted octanol–water partition coefficient (Wildman–Crippen LogP) is 6.23. The second-order valence-electron chi connectivity index (χ2n) is 7.72. The number of fused-ring (bicyclic) bond motifs is 1. The summed E-state index contributed by atoms with van der Waals surface area (Å²) in [6, 6.07) is 19.4. The van der Waals surface area contributed by atoms with E-state index >= 15 is 0 Å². The minimum atomic E-state index is -0.308. The van der Waals surface area contributed by atoms with Crippen LogP contribution < -0.4 is 10.1 Å². The summed E-state index contributed by atoms with van der Waals surface area (Å²) in [7, 11) is 0. The van der Waals surface area contributed by atoms with Crippen molar-refractivity contribution < 1.29 is 14.2 Å². The number of nitrogens with zero attached hydrogens (tertiary/aromatic N) is 2. The van der Waals surface area contributed by atoms with Gasteiger partial charge in [-0.15, -0.1) is 0 Å². The fourth-order valence-corrected chi connectivity index (χ4v) is 3.88. The number of hydrogen-bond donors (Lipinski definition) is 3. The molecule has 170 valence electrons. The molecular weight excluding hydrogens is 455 g/mol. The Bertz CT molecular complexity index is 1470. The number of halogens is 2. The van der Waals surface area contributed by atoms with Gasteiger partial charge >= 0.3 is 0 Å². The van der Waals surface area contributed by atoms with Gasteiger partial charge in [0.25, 0.3) is 0 Å². The van der Waals surface area contributed by atoms with Crippen LogP contribution in [0.4, 0.5) is 15.9 Å². The maximum atomic E-state index is 13.4. The summed E-state index contributed by atoms with van der Waals surface area (Å²) in [5, 5.41) is 13.9. The molecule has 0 aliphatic carbocycles. The summed E-state index contributed by atoms with van der Waals surface area (Å²) < 4.78 is 19.1. The Kier molecular flexibility index (Phi) is 6.12. The highest BCUT2D eigenvalue weighted by Crippen LogP contribution is 2.32. The van der Waals surface area contributed by atoms with E-state index in [1.165, 1.54) is 18.5 Å². The molecule has 0 radical (unpaired) electrons. The fraction of sp³-hybridized carbons (Fsp3) is 0.0769. The smallest absolute Gasteiger partial charge is 0.141 e. The van der Waals surface area contributed by atoms with Crippen LogP contribution in [0, 0.1) is 5.82 Å². The van der Waals surface area contributed by atoms with Gasteiger partial charge in [0.1, 0.15) is 30.3 Å². The third-order valence-corrected chi connectivity index (χ3v) is 5.65. The number of anilines is 2. The van der Waals surface area contributed by atoms with Crippen LogP contribution in [0.3, 0.4) is 0 Å². The zero-order chi connectivity index (χ0) is 23.5. The minimum Gasteiger partial charge on any atom is -0.487 e. The summed E-state index contributed by atoms with van der Waals surface area (Å²) in [6.45, 7) is 0.184. The first-order valence-electron chi connectivity index (χ1n) is 10.6. The third kappa shape index (κ3) is 4.71. The summed E-state index contributed by atoms with van der Waals surface area (Å²) in [4.78, 5) is 11.9. The highest BCUT2D eigenvalue weighted by molar-refractivity contribution is 6.32. The highest BCUT2D eigenvalue weighted by atomic mass is 35.5. The molecule has 0 amide bonds. The van der Waals surface area contributed by atoms with Gasteiger partial charge in [-0.1, -0.05) is 29.8 Å². The van der Waals surface area contributed by atoms with E-state index in [1.54, 1.807) is 30.5 Å². The quantitative estimate of drug-likeness (QED) is 0.260. The number of ether oxygens (including phenoxy) is 1. The van der Waals surface area contributed by atoms with Crippen molar-refractivity contribution in [1.82, 2.24) is 15.0 Å².